The lowest BCUT2D eigenvalue weighted by atomic mass is 9.72. The Kier molecular flexibility index (Phi) is 5.37. The van der Waals surface area contributed by atoms with E-state index in [2.05, 4.69) is 58.5 Å². The molecule has 0 N–H and O–H groups in total. The van der Waals surface area contributed by atoms with E-state index in [1.807, 2.05) is 27.9 Å². The van der Waals surface area contributed by atoms with Crippen LogP contribution < -0.4 is 9.64 Å². The van der Waals surface area contributed by atoms with Crippen LogP contribution in [0.25, 0.3) is 0 Å². The number of hydrogen-bond donors (Lipinski definition) is 0. The van der Waals surface area contributed by atoms with Crippen molar-refractivity contribution >= 4 is 11.6 Å². The summed E-state index contributed by atoms with van der Waals surface area (Å²) in [5.74, 6) is 1.04. The lowest BCUT2D eigenvalue weighted by Crippen LogP contribution is -2.44. The number of benzene rings is 2. The zero-order valence-electron chi connectivity index (χ0n) is 19.7. The number of carbonyl (C=O) groups is 1. The van der Waals surface area contributed by atoms with Crippen molar-refractivity contribution in [1.29, 1.82) is 0 Å². The highest BCUT2D eigenvalue weighted by molar-refractivity contribution is 6.09. The molecule has 4 heterocycles. The van der Waals surface area contributed by atoms with Crippen molar-refractivity contribution in [1.82, 2.24) is 19.9 Å². The maximum Gasteiger partial charge on any atom is 0.240 e. The fourth-order valence-corrected chi connectivity index (χ4v) is 6.08. The van der Waals surface area contributed by atoms with E-state index in [4.69, 9.17) is 4.74 Å². The number of anilines is 1. The molecule has 3 aromatic rings. The molecule has 2 atom stereocenters. The van der Waals surface area contributed by atoms with Crippen molar-refractivity contribution in [2.75, 3.05) is 24.6 Å². The predicted molar refractivity (Wildman–Crippen MR) is 130 cm³/mol. The van der Waals surface area contributed by atoms with E-state index in [1.165, 1.54) is 0 Å². The molecule has 1 saturated heterocycles. The number of para-hydroxylation sites is 1. The molecule has 3 aliphatic heterocycles. The number of amides is 1. The third-order valence-electron chi connectivity index (χ3n) is 7.61. The van der Waals surface area contributed by atoms with Crippen LogP contribution in [0.2, 0.25) is 0 Å². The Bertz CT molecular complexity index is 1210. The number of aromatic nitrogens is 3. The van der Waals surface area contributed by atoms with Crippen LogP contribution in [0.15, 0.2) is 54.7 Å². The van der Waals surface area contributed by atoms with Gasteiger partial charge in [-0.3, -0.25) is 14.4 Å². The second kappa shape index (κ2) is 8.55. The van der Waals surface area contributed by atoms with Gasteiger partial charge in [0.1, 0.15) is 11.4 Å². The predicted octanol–water partition coefficient (Wildman–Crippen LogP) is 4.09. The summed E-state index contributed by atoms with van der Waals surface area (Å²) in [6.07, 6.45) is 5.86. The minimum atomic E-state index is -0.612. The van der Waals surface area contributed by atoms with Gasteiger partial charge in [0.25, 0.3) is 0 Å². The number of ether oxygens (including phenoxy) is 1. The lowest BCUT2D eigenvalue weighted by molar-refractivity contribution is -0.124. The number of aryl methyl sites for hydroxylation is 1. The summed E-state index contributed by atoms with van der Waals surface area (Å²) in [5, 5.41) is 8.67. The van der Waals surface area contributed by atoms with Gasteiger partial charge in [-0.1, -0.05) is 48.9 Å². The van der Waals surface area contributed by atoms with E-state index in [0.29, 0.717) is 13.2 Å². The van der Waals surface area contributed by atoms with Crippen LogP contribution in [-0.2, 0) is 23.3 Å². The Morgan fingerprint density at radius 2 is 2.06 bits per heavy atom. The first-order valence-corrected chi connectivity index (χ1v) is 12.5. The Morgan fingerprint density at radius 1 is 1.15 bits per heavy atom. The van der Waals surface area contributed by atoms with E-state index in [1.54, 1.807) is 0 Å². The Hall–Kier alpha value is -3.19. The van der Waals surface area contributed by atoms with Crippen molar-refractivity contribution in [3.05, 3.63) is 71.5 Å². The smallest absolute Gasteiger partial charge is 0.240 e. The van der Waals surface area contributed by atoms with Crippen LogP contribution in [0.1, 0.15) is 55.5 Å². The molecule has 3 aliphatic rings. The number of unbranched alkanes of at least 4 members (excludes halogenated alkanes) is 1. The van der Waals surface area contributed by atoms with Crippen LogP contribution in [0, 0.1) is 0 Å². The van der Waals surface area contributed by atoms with Crippen LogP contribution >= 0.6 is 0 Å². The summed E-state index contributed by atoms with van der Waals surface area (Å²) in [7, 11) is 0. The molecule has 1 fully saturated rings. The van der Waals surface area contributed by atoms with Gasteiger partial charge in [-0.05, 0) is 48.7 Å². The second-order valence-corrected chi connectivity index (χ2v) is 9.67. The summed E-state index contributed by atoms with van der Waals surface area (Å²) in [5.41, 5.74) is 3.50. The summed E-state index contributed by atoms with van der Waals surface area (Å²) in [6.45, 7) is 5.89. The Balaban J connectivity index is 1.53. The van der Waals surface area contributed by atoms with E-state index in [9.17, 15) is 4.79 Å². The normalized spacial score (nSPS) is 24.2. The molecule has 0 unspecified atom stereocenters. The number of hydrogen-bond acceptors (Lipinski definition) is 5. The molecule has 0 saturated carbocycles. The first-order chi connectivity index (χ1) is 16.7. The van der Waals surface area contributed by atoms with Gasteiger partial charge in [-0.2, -0.15) is 0 Å². The average Bonchev–Trinajstić information content (AvgIpc) is 3.53. The van der Waals surface area contributed by atoms with Crippen LogP contribution in [-0.4, -0.2) is 45.5 Å². The molecule has 176 valence electrons. The highest BCUT2D eigenvalue weighted by atomic mass is 16.5. The molecule has 0 aliphatic carbocycles. The molecule has 7 nitrogen and oxygen atoms in total. The second-order valence-electron chi connectivity index (χ2n) is 9.67. The maximum atomic E-state index is 14.5. The third kappa shape index (κ3) is 3.33. The molecular formula is C27H31N5O2. The quantitative estimate of drug-likeness (QED) is 0.593. The summed E-state index contributed by atoms with van der Waals surface area (Å²) >= 11 is 0. The number of fused-ring (bicyclic) bond motifs is 8. The summed E-state index contributed by atoms with van der Waals surface area (Å²) in [6, 6.07) is 16.7. The van der Waals surface area contributed by atoms with Gasteiger partial charge >= 0.3 is 0 Å². The molecule has 1 spiro atoms. The largest absolute Gasteiger partial charge is 0.494 e. The monoisotopic (exact) mass is 457 g/mol. The van der Waals surface area contributed by atoms with Gasteiger partial charge in [0.2, 0.25) is 5.91 Å². The molecule has 2 aromatic carbocycles. The average molecular weight is 458 g/mol. The first-order valence-electron chi connectivity index (χ1n) is 12.5. The maximum absolute atomic E-state index is 14.5. The van der Waals surface area contributed by atoms with Crippen LogP contribution in [0.3, 0.4) is 0 Å². The van der Waals surface area contributed by atoms with Gasteiger partial charge in [-0.25, -0.2) is 0 Å². The van der Waals surface area contributed by atoms with Crippen LogP contribution in [0.5, 0.6) is 5.75 Å². The molecule has 6 bridgehead atoms. The molecule has 1 amide bonds. The van der Waals surface area contributed by atoms with E-state index in [-0.39, 0.29) is 11.9 Å². The molecule has 1 aromatic heterocycles. The molecular weight excluding hydrogens is 426 g/mol. The number of carbonyl (C=O) groups excluding carboxylic acids is 1. The van der Waals surface area contributed by atoms with E-state index < -0.39 is 5.41 Å². The first kappa shape index (κ1) is 21.4. The van der Waals surface area contributed by atoms with Gasteiger partial charge in [-0.15, -0.1) is 5.10 Å². The summed E-state index contributed by atoms with van der Waals surface area (Å²) in [4.78, 5) is 18.9. The Labute approximate surface area is 200 Å². The SMILES string of the molecule is CCCCN1CC[C@]23C(=O)N(Cc4cn(nn4)CCCOc4cccc(c4)[C@H]12)c1ccccc13. The molecule has 7 heteroatoms. The van der Waals surface area contributed by atoms with Crippen molar-refractivity contribution in [3.8, 4) is 5.75 Å². The molecule has 34 heavy (non-hydrogen) atoms. The fraction of sp³-hybridized carbons (Fsp3) is 0.444. The van der Waals surface area contributed by atoms with Crippen molar-refractivity contribution in [3.63, 3.8) is 0 Å². The zero-order valence-corrected chi connectivity index (χ0v) is 19.7. The minimum absolute atomic E-state index is 0.0259. The zero-order chi connectivity index (χ0) is 23.1. The number of likely N-dealkylation sites (tertiary alicyclic amines) is 1. The Morgan fingerprint density at radius 3 is 2.97 bits per heavy atom. The van der Waals surface area contributed by atoms with Crippen LogP contribution in [0.4, 0.5) is 5.69 Å². The lowest BCUT2D eigenvalue weighted by Gasteiger charge is -2.35. The molecule has 0 radical (unpaired) electrons. The van der Waals surface area contributed by atoms with Gasteiger partial charge in [0.15, 0.2) is 0 Å². The standard InChI is InChI=1S/C27H31N5O2/c1-2-3-13-30-15-12-27-23-10-4-5-11-24(23)32(26(27)33)19-21-18-31(29-28-21)14-7-16-34-22-9-6-8-20(17-22)25(27)30/h4-6,8-11,17-18,25H,2-3,7,12-16,19H2,1H3/t25-,27+/m0/s1. The van der Waals surface area contributed by atoms with Gasteiger partial charge in [0.05, 0.1) is 30.8 Å². The fourth-order valence-electron chi connectivity index (χ4n) is 6.08. The topological polar surface area (TPSA) is 63.5 Å². The highest BCUT2D eigenvalue weighted by Gasteiger charge is 2.60. The number of rotatable bonds is 3. The van der Waals surface area contributed by atoms with Crippen molar-refractivity contribution < 1.29 is 9.53 Å². The third-order valence-corrected chi connectivity index (χ3v) is 7.61. The molecule has 6 rings (SSSR count). The van der Waals surface area contributed by atoms with Crippen molar-refractivity contribution in [2.24, 2.45) is 0 Å². The van der Waals surface area contributed by atoms with Gasteiger partial charge in [0, 0.05) is 25.2 Å². The van der Waals surface area contributed by atoms with Gasteiger partial charge < -0.3 is 9.64 Å². The number of nitrogens with zero attached hydrogens (tertiary/aromatic N) is 5. The summed E-state index contributed by atoms with van der Waals surface area (Å²) < 4.78 is 7.98. The van der Waals surface area contributed by atoms with Crippen molar-refractivity contribution in [2.45, 2.75) is 57.2 Å². The van der Waals surface area contributed by atoms with E-state index >= 15 is 0 Å². The van der Waals surface area contributed by atoms with E-state index in [0.717, 1.165) is 73.6 Å². The minimum Gasteiger partial charge on any atom is -0.494 e. The highest BCUT2D eigenvalue weighted by Crippen LogP contribution is 2.57.